The van der Waals surface area contributed by atoms with Gasteiger partial charge in [0.05, 0.1) is 16.7 Å². The molecule has 3 aromatic carbocycles. The van der Waals surface area contributed by atoms with E-state index in [0.717, 1.165) is 16.5 Å². The molecule has 0 heterocycles. The van der Waals surface area contributed by atoms with Gasteiger partial charge in [0.15, 0.2) is 6.61 Å². The van der Waals surface area contributed by atoms with Crippen molar-refractivity contribution in [2.45, 2.75) is 6.92 Å². The van der Waals surface area contributed by atoms with E-state index >= 15 is 0 Å². The molecule has 0 aliphatic rings. The summed E-state index contributed by atoms with van der Waals surface area (Å²) in [7, 11) is 0. The predicted molar refractivity (Wildman–Crippen MR) is 101 cm³/mol. The van der Waals surface area contributed by atoms with Crippen molar-refractivity contribution in [3.63, 3.8) is 0 Å². The second kappa shape index (κ2) is 7.65. The van der Waals surface area contributed by atoms with E-state index in [-0.39, 0.29) is 18.2 Å². The summed E-state index contributed by atoms with van der Waals surface area (Å²) in [4.78, 5) is 24.7. The highest BCUT2D eigenvalue weighted by molar-refractivity contribution is 6.04. The Balaban J connectivity index is 1.79. The maximum atomic E-state index is 12.7. The van der Waals surface area contributed by atoms with Gasteiger partial charge >= 0.3 is 0 Å². The number of amides is 1. The van der Waals surface area contributed by atoms with Crippen molar-refractivity contribution in [1.82, 2.24) is 0 Å². The molecular formula is C20H18N2O4. The lowest BCUT2D eigenvalue weighted by atomic mass is 10.1. The molecule has 0 fully saturated rings. The number of likely N-dealkylation sites (N-methyl/N-ethyl adjacent to an activating group) is 1. The molecule has 0 atom stereocenters. The molecule has 0 N–H and O–H groups in total. The largest absolute Gasteiger partial charge is 0.483 e. The van der Waals surface area contributed by atoms with Crippen molar-refractivity contribution in [2.24, 2.45) is 0 Å². The zero-order chi connectivity index (χ0) is 18.5. The average Bonchev–Trinajstić information content (AvgIpc) is 2.67. The second-order valence-corrected chi connectivity index (χ2v) is 5.68. The third-order valence-electron chi connectivity index (χ3n) is 4.07. The van der Waals surface area contributed by atoms with Crippen molar-refractivity contribution in [3.8, 4) is 5.75 Å². The Morgan fingerprint density at radius 1 is 1.08 bits per heavy atom. The fourth-order valence-corrected chi connectivity index (χ4v) is 2.83. The van der Waals surface area contributed by atoms with E-state index < -0.39 is 4.92 Å². The molecule has 6 heteroatoms. The number of carbonyl (C=O) groups excluding carboxylic acids is 1. The Morgan fingerprint density at radius 3 is 2.58 bits per heavy atom. The molecule has 0 unspecified atom stereocenters. The molecule has 0 bridgehead atoms. The van der Waals surface area contributed by atoms with Gasteiger partial charge in [-0.15, -0.1) is 0 Å². The van der Waals surface area contributed by atoms with Crippen LogP contribution in [0, 0.1) is 10.1 Å². The van der Waals surface area contributed by atoms with E-state index in [2.05, 4.69) is 0 Å². The van der Waals surface area contributed by atoms with Gasteiger partial charge in [-0.25, -0.2) is 0 Å². The van der Waals surface area contributed by atoms with Gasteiger partial charge in [0, 0.05) is 18.0 Å². The molecule has 3 aromatic rings. The van der Waals surface area contributed by atoms with Crippen LogP contribution in [0.5, 0.6) is 5.75 Å². The number of hydrogen-bond acceptors (Lipinski definition) is 4. The van der Waals surface area contributed by atoms with Gasteiger partial charge in [-0.2, -0.15) is 0 Å². The van der Waals surface area contributed by atoms with E-state index in [0.29, 0.717) is 12.3 Å². The molecular weight excluding hydrogens is 332 g/mol. The molecule has 132 valence electrons. The zero-order valence-corrected chi connectivity index (χ0v) is 14.3. The SMILES string of the molecule is CCN(C(=O)COc1cccc([N+](=O)[O-])c1)c1cccc2ccccc12. The molecule has 0 radical (unpaired) electrons. The summed E-state index contributed by atoms with van der Waals surface area (Å²) in [5, 5.41) is 12.9. The highest BCUT2D eigenvalue weighted by Gasteiger charge is 2.17. The van der Waals surface area contributed by atoms with Crippen LogP contribution in [0.3, 0.4) is 0 Å². The summed E-state index contributed by atoms with van der Waals surface area (Å²) in [5.74, 6) is 0.0804. The van der Waals surface area contributed by atoms with E-state index in [1.165, 1.54) is 18.2 Å². The lowest BCUT2D eigenvalue weighted by molar-refractivity contribution is -0.384. The first-order valence-electron chi connectivity index (χ1n) is 8.25. The Morgan fingerprint density at radius 2 is 1.81 bits per heavy atom. The minimum absolute atomic E-state index is 0.0728. The number of anilines is 1. The van der Waals surface area contributed by atoms with E-state index in [1.54, 1.807) is 11.0 Å². The highest BCUT2D eigenvalue weighted by Crippen LogP contribution is 2.27. The first kappa shape index (κ1) is 17.4. The third-order valence-corrected chi connectivity index (χ3v) is 4.07. The molecule has 1 amide bonds. The quantitative estimate of drug-likeness (QED) is 0.494. The van der Waals surface area contributed by atoms with E-state index in [9.17, 15) is 14.9 Å². The minimum atomic E-state index is -0.497. The minimum Gasteiger partial charge on any atom is -0.483 e. The summed E-state index contributed by atoms with van der Waals surface area (Å²) in [6.07, 6.45) is 0. The molecule has 0 saturated heterocycles. The number of nitro benzene ring substituents is 1. The molecule has 0 aromatic heterocycles. The van der Waals surface area contributed by atoms with Crippen LogP contribution in [-0.4, -0.2) is 24.0 Å². The molecule has 0 saturated carbocycles. The first-order chi connectivity index (χ1) is 12.6. The molecule has 26 heavy (non-hydrogen) atoms. The van der Waals surface area contributed by atoms with Gasteiger partial charge in [-0.3, -0.25) is 14.9 Å². The molecule has 6 nitrogen and oxygen atoms in total. The number of ether oxygens (including phenoxy) is 1. The lowest BCUT2D eigenvalue weighted by Gasteiger charge is -2.23. The zero-order valence-electron chi connectivity index (χ0n) is 14.3. The number of carbonyl (C=O) groups is 1. The number of nitro groups is 1. The average molecular weight is 350 g/mol. The van der Waals surface area contributed by atoms with Gasteiger partial charge in [0.1, 0.15) is 5.75 Å². The smallest absolute Gasteiger partial charge is 0.273 e. The summed E-state index contributed by atoms with van der Waals surface area (Å²) in [6, 6.07) is 19.5. The van der Waals surface area contributed by atoms with E-state index in [1.807, 2.05) is 49.4 Å². The fraction of sp³-hybridized carbons (Fsp3) is 0.150. The number of rotatable bonds is 6. The summed E-state index contributed by atoms with van der Waals surface area (Å²) < 4.78 is 5.48. The maximum absolute atomic E-state index is 12.7. The molecule has 3 rings (SSSR count). The second-order valence-electron chi connectivity index (χ2n) is 5.68. The molecule has 0 aliphatic carbocycles. The van der Waals surface area contributed by atoms with E-state index in [4.69, 9.17) is 4.74 Å². The van der Waals surface area contributed by atoms with Crippen molar-refractivity contribution < 1.29 is 14.5 Å². The Hall–Kier alpha value is -3.41. The number of non-ortho nitro benzene ring substituents is 1. The van der Waals surface area contributed by atoms with Gasteiger partial charge in [0.25, 0.3) is 11.6 Å². The van der Waals surface area contributed by atoms with Crippen LogP contribution >= 0.6 is 0 Å². The topological polar surface area (TPSA) is 72.7 Å². The van der Waals surface area contributed by atoms with Crippen LogP contribution in [0.15, 0.2) is 66.7 Å². The summed E-state index contributed by atoms with van der Waals surface area (Å²) in [5.41, 5.74) is 0.745. The van der Waals surface area contributed by atoms with Crippen LogP contribution in [0.25, 0.3) is 10.8 Å². The van der Waals surface area contributed by atoms with Crippen molar-refractivity contribution in [1.29, 1.82) is 0 Å². The van der Waals surface area contributed by atoms with Crippen LogP contribution in [0.1, 0.15) is 6.92 Å². The number of benzene rings is 3. The maximum Gasteiger partial charge on any atom is 0.273 e. The van der Waals surface area contributed by atoms with Gasteiger partial charge < -0.3 is 9.64 Å². The van der Waals surface area contributed by atoms with Crippen LogP contribution < -0.4 is 9.64 Å². The van der Waals surface area contributed by atoms with Gasteiger partial charge in [-0.05, 0) is 24.4 Å². The van der Waals surface area contributed by atoms with Crippen LogP contribution in [-0.2, 0) is 4.79 Å². The Kier molecular flexibility index (Phi) is 5.12. The normalized spacial score (nSPS) is 10.5. The predicted octanol–water partition coefficient (Wildman–Crippen LogP) is 4.18. The third kappa shape index (κ3) is 3.64. The molecule has 0 aliphatic heterocycles. The number of nitrogens with zero attached hydrogens (tertiary/aromatic N) is 2. The number of hydrogen-bond donors (Lipinski definition) is 0. The first-order valence-corrected chi connectivity index (χ1v) is 8.25. The molecule has 0 spiro atoms. The summed E-state index contributed by atoms with van der Waals surface area (Å²) >= 11 is 0. The Bertz CT molecular complexity index is 950. The monoisotopic (exact) mass is 350 g/mol. The van der Waals surface area contributed by atoms with Crippen molar-refractivity contribution in [2.75, 3.05) is 18.1 Å². The van der Waals surface area contributed by atoms with Crippen LogP contribution in [0.4, 0.5) is 11.4 Å². The lowest BCUT2D eigenvalue weighted by Crippen LogP contribution is -2.34. The van der Waals surface area contributed by atoms with Gasteiger partial charge in [0.2, 0.25) is 0 Å². The highest BCUT2D eigenvalue weighted by atomic mass is 16.6. The fourth-order valence-electron chi connectivity index (χ4n) is 2.83. The van der Waals surface area contributed by atoms with Crippen molar-refractivity contribution >= 4 is 28.1 Å². The van der Waals surface area contributed by atoms with Gasteiger partial charge in [-0.1, -0.05) is 42.5 Å². The Labute approximate surface area is 150 Å². The van der Waals surface area contributed by atoms with Crippen LogP contribution in [0.2, 0.25) is 0 Å². The van der Waals surface area contributed by atoms with Crippen molar-refractivity contribution in [3.05, 3.63) is 76.8 Å². The summed E-state index contributed by atoms with van der Waals surface area (Å²) in [6.45, 7) is 2.19. The number of fused-ring (bicyclic) bond motifs is 1. The standard InChI is InChI=1S/C20H18N2O4/c1-2-21(19-12-5-8-15-7-3-4-11-18(15)19)20(23)14-26-17-10-6-9-16(13-17)22(24)25/h3-13H,2,14H2,1H3.